The standard InChI is InChI=1S/C24H28F3N3O3S/c25-24(26,27)19-4-1-3-18(13-19)23(31)29-21-5-2-6-22(14-21)30-10-7-20(8-11-30)28-15-17-9-12-34(32,33)16-17/h1-6,13-14,17,20,28H,7-12,15-16H2,(H,29,31)/t17-/m0/s1. The molecule has 0 aromatic heterocycles. The summed E-state index contributed by atoms with van der Waals surface area (Å²) in [4.78, 5) is 14.7. The minimum atomic E-state index is -4.51. The van der Waals surface area contributed by atoms with Gasteiger partial charge in [0.1, 0.15) is 0 Å². The topological polar surface area (TPSA) is 78.5 Å². The number of carbonyl (C=O) groups excluding carboxylic acids is 1. The van der Waals surface area contributed by atoms with Gasteiger partial charge < -0.3 is 15.5 Å². The fourth-order valence-corrected chi connectivity index (χ4v) is 6.39. The van der Waals surface area contributed by atoms with Crippen LogP contribution in [0.2, 0.25) is 0 Å². The number of alkyl halides is 3. The Morgan fingerprint density at radius 3 is 2.44 bits per heavy atom. The van der Waals surface area contributed by atoms with Gasteiger partial charge in [-0.25, -0.2) is 8.42 Å². The molecule has 34 heavy (non-hydrogen) atoms. The second-order valence-electron chi connectivity index (χ2n) is 9.02. The molecule has 0 spiro atoms. The monoisotopic (exact) mass is 495 g/mol. The highest BCUT2D eigenvalue weighted by Crippen LogP contribution is 2.30. The molecule has 1 atom stereocenters. The zero-order chi connectivity index (χ0) is 24.3. The number of halogens is 3. The van der Waals surface area contributed by atoms with E-state index in [4.69, 9.17) is 0 Å². The summed E-state index contributed by atoms with van der Waals surface area (Å²) in [5.41, 5.74) is 0.534. The molecule has 2 aliphatic rings. The van der Waals surface area contributed by atoms with Gasteiger partial charge in [0.2, 0.25) is 0 Å². The first-order valence-electron chi connectivity index (χ1n) is 11.4. The Morgan fingerprint density at radius 2 is 1.76 bits per heavy atom. The average molecular weight is 496 g/mol. The predicted molar refractivity (Wildman–Crippen MR) is 126 cm³/mol. The lowest BCUT2D eigenvalue weighted by Crippen LogP contribution is -2.44. The quantitative estimate of drug-likeness (QED) is 0.635. The number of sulfone groups is 1. The van der Waals surface area contributed by atoms with Crippen molar-refractivity contribution in [3.63, 3.8) is 0 Å². The summed E-state index contributed by atoms with van der Waals surface area (Å²) < 4.78 is 62.0. The summed E-state index contributed by atoms with van der Waals surface area (Å²) in [7, 11) is -2.86. The summed E-state index contributed by atoms with van der Waals surface area (Å²) in [6.45, 7) is 2.35. The Kier molecular flexibility index (Phi) is 7.18. The van der Waals surface area contributed by atoms with Crippen LogP contribution in [0.15, 0.2) is 48.5 Å². The summed E-state index contributed by atoms with van der Waals surface area (Å²) >= 11 is 0. The first-order valence-corrected chi connectivity index (χ1v) is 13.2. The van der Waals surface area contributed by atoms with Crippen LogP contribution < -0.4 is 15.5 Å². The average Bonchev–Trinajstić information content (AvgIpc) is 3.16. The molecule has 2 saturated heterocycles. The number of amides is 1. The number of anilines is 2. The van der Waals surface area contributed by atoms with E-state index in [1.807, 2.05) is 18.2 Å². The van der Waals surface area contributed by atoms with Crippen molar-refractivity contribution in [3.8, 4) is 0 Å². The molecule has 0 unspecified atom stereocenters. The molecule has 1 amide bonds. The molecule has 0 saturated carbocycles. The van der Waals surface area contributed by atoms with Crippen LogP contribution in [0.4, 0.5) is 24.5 Å². The maximum Gasteiger partial charge on any atom is 0.416 e. The van der Waals surface area contributed by atoms with Crippen molar-refractivity contribution < 1.29 is 26.4 Å². The minimum Gasteiger partial charge on any atom is -0.371 e. The lowest BCUT2D eigenvalue weighted by atomic mass is 10.0. The van der Waals surface area contributed by atoms with Gasteiger partial charge in [-0.05, 0) is 68.1 Å². The van der Waals surface area contributed by atoms with Crippen molar-refractivity contribution in [3.05, 3.63) is 59.7 Å². The van der Waals surface area contributed by atoms with E-state index in [0.717, 1.165) is 56.7 Å². The smallest absolute Gasteiger partial charge is 0.371 e. The lowest BCUT2D eigenvalue weighted by Gasteiger charge is -2.34. The SMILES string of the molecule is O=C(Nc1cccc(N2CCC(NC[C@@H]3CCS(=O)(=O)C3)CC2)c1)c1cccc(C(F)(F)F)c1. The molecule has 184 valence electrons. The number of rotatable bonds is 6. The summed E-state index contributed by atoms with van der Waals surface area (Å²) in [6, 6.07) is 12.0. The van der Waals surface area contributed by atoms with E-state index in [-0.39, 0.29) is 17.2 Å². The summed E-state index contributed by atoms with van der Waals surface area (Å²) in [5.74, 6) is 0.163. The van der Waals surface area contributed by atoms with Gasteiger partial charge in [-0.15, -0.1) is 0 Å². The molecule has 6 nitrogen and oxygen atoms in total. The maximum atomic E-state index is 12.9. The second-order valence-corrected chi connectivity index (χ2v) is 11.3. The van der Waals surface area contributed by atoms with Crippen LogP contribution in [0.5, 0.6) is 0 Å². The van der Waals surface area contributed by atoms with E-state index in [0.29, 0.717) is 17.5 Å². The van der Waals surface area contributed by atoms with Crippen molar-refractivity contribution in [2.45, 2.75) is 31.5 Å². The van der Waals surface area contributed by atoms with E-state index in [1.54, 1.807) is 6.07 Å². The largest absolute Gasteiger partial charge is 0.416 e. The highest BCUT2D eigenvalue weighted by molar-refractivity contribution is 7.91. The van der Waals surface area contributed by atoms with Crippen LogP contribution in [0.1, 0.15) is 35.2 Å². The summed E-state index contributed by atoms with van der Waals surface area (Å²) in [6.07, 6.45) is -1.94. The summed E-state index contributed by atoms with van der Waals surface area (Å²) in [5, 5.41) is 6.20. The van der Waals surface area contributed by atoms with Crippen LogP contribution >= 0.6 is 0 Å². The Bertz CT molecular complexity index is 1130. The van der Waals surface area contributed by atoms with Crippen LogP contribution in [0.25, 0.3) is 0 Å². The highest BCUT2D eigenvalue weighted by atomic mass is 32.2. The van der Waals surface area contributed by atoms with Crippen molar-refractivity contribution in [1.82, 2.24) is 5.32 Å². The molecule has 10 heteroatoms. The van der Waals surface area contributed by atoms with Gasteiger partial charge in [-0.2, -0.15) is 13.2 Å². The molecule has 2 N–H and O–H groups in total. The van der Waals surface area contributed by atoms with Crippen LogP contribution in [0.3, 0.4) is 0 Å². The van der Waals surface area contributed by atoms with Crippen molar-refractivity contribution >= 4 is 27.1 Å². The second kappa shape index (κ2) is 9.95. The minimum absolute atomic E-state index is 0.0535. The van der Waals surface area contributed by atoms with Gasteiger partial charge in [-0.3, -0.25) is 4.79 Å². The van der Waals surface area contributed by atoms with Crippen molar-refractivity contribution in [1.29, 1.82) is 0 Å². The zero-order valence-electron chi connectivity index (χ0n) is 18.6. The first-order chi connectivity index (χ1) is 16.1. The van der Waals surface area contributed by atoms with E-state index in [1.165, 1.54) is 12.1 Å². The number of nitrogens with one attached hydrogen (secondary N) is 2. The molecule has 0 aliphatic carbocycles. The molecule has 2 aliphatic heterocycles. The molecule has 0 bridgehead atoms. The van der Waals surface area contributed by atoms with Crippen LogP contribution in [0, 0.1) is 5.92 Å². The van der Waals surface area contributed by atoms with E-state index >= 15 is 0 Å². The van der Waals surface area contributed by atoms with E-state index < -0.39 is 27.5 Å². The fraction of sp³-hybridized carbons (Fsp3) is 0.458. The number of nitrogens with zero attached hydrogens (tertiary/aromatic N) is 1. The van der Waals surface area contributed by atoms with Crippen molar-refractivity contribution in [2.75, 3.05) is 41.4 Å². The first kappa shape index (κ1) is 24.5. The van der Waals surface area contributed by atoms with Crippen molar-refractivity contribution in [2.24, 2.45) is 5.92 Å². The fourth-order valence-electron chi connectivity index (χ4n) is 4.53. The molecule has 2 aromatic rings. The molecule has 2 fully saturated rings. The van der Waals surface area contributed by atoms with Gasteiger partial charge in [0.05, 0.1) is 17.1 Å². The van der Waals surface area contributed by atoms with Gasteiger partial charge in [0.15, 0.2) is 9.84 Å². The predicted octanol–water partition coefficient (Wildman–Crippen LogP) is 3.95. The van der Waals surface area contributed by atoms with Crippen LogP contribution in [-0.4, -0.2) is 51.5 Å². The Morgan fingerprint density at radius 1 is 1.03 bits per heavy atom. The van der Waals surface area contributed by atoms with Gasteiger partial charge in [-0.1, -0.05) is 12.1 Å². The molecular formula is C24H28F3N3O3S. The number of benzene rings is 2. The third kappa shape index (κ3) is 6.29. The molecular weight excluding hydrogens is 467 g/mol. The number of hydrogen-bond donors (Lipinski definition) is 2. The third-order valence-electron chi connectivity index (χ3n) is 6.44. The number of piperidine rings is 1. The zero-order valence-corrected chi connectivity index (χ0v) is 19.5. The Balaban J connectivity index is 1.30. The molecule has 2 heterocycles. The van der Waals surface area contributed by atoms with Gasteiger partial charge in [0, 0.05) is 36.1 Å². The lowest BCUT2D eigenvalue weighted by molar-refractivity contribution is -0.137. The normalized spacial score (nSPS) is 20.9. The molecule has 4 rings (SSSR count). The Labute approximate surface area is 197 Å². The maximum absolute atomic E-state index is 12.9. The van der Waals surface area contributed by atoms with E-state index in [9.17, 15) is 26.4 Å². The third-order valence-corrected chi connectivity index (χ3v) is 8.28. The van der Waals surface area contributed by atoms with Crippen LogP contribution in [-0.2, 0) is 16.0 Å². The van der Waals surface area contributed by atoms with Gasteiger partial charge in [0.25, 0.3) is 5.91 Å². The number of carbonyl (C=O) groups is 1. The molecule has 2 aromatic carbocycles. The van der Waals surface area contributed by atoms with E-state index in [2.05, 4.69) is 15.5 Å². The molecule has 0 radical (unpaired) electrons. The number of hydrogen-bond acceptors (Lipinski definition) is 5. The van der Waals surface area contributed by atoms with Gasteiger partial charge >= 0.3 is 6.18 Å². The highest BCUT2D eigenvalue weighted by Gasteiger charge is 2.31. The Hall–Kier alpha value is -2.59.